The van der Waals surface area contributed by atoms with E-state index in [1.807, 2.05) is 0 Å². The number of rotatable bonds is 5. The summed E-state index contributed by atoms with van der Waals surface area (Å²) in [6.07, 6.45) is 3.92. The summed E-state index contributed by atoms with van der Waals surface area (Å²) in [5.41, 5.74) is 6.22. The van der Waals surface area contributed by atoms with Gasteiger partial charge in [-0.25, -0.2) is 0 Å². The van der Waals surface area contributed by atoms with Gasteiger partial charge in [0.05, 0.1) is 4.99 Å². The van der Waals surface area contributed by atoms with Gasteiger partial charge in [0.15, 0.2) is 0 Å². The van der Waals surface area contributed by atoms with E-state index in [2.05, 4.69) is 25.7 Å². The van der Waals surface area contributed by atoms with Gasteiger partial charge in [0.1, 0.15) is 0 Å². The zero-order chi connectivity index (χ0) is 11.5. The van der Waals surface area contributed by atoms with Crippen LogP contribution in [0.5, 0.6) is 0 Å². The Balaban J connectivity index is 2.45. The summed E-state index contributed by atoms with van der Waals surface area (Å²) in [7, 11) is 0. The summed E-state index contributed by atoms with van der Waals surface area (Å²) in [6.45, 7) is 10.2. The first kappa shape index (κ1) is 12.9. The van der Waals surface area contributed by atoms with Crippen molar-refractivity contribution in [3.05, 3.63) is 0 Å². The largest absolute Gasteiger partial charge is 0.393 e. The highest BCUT2D eigenvalue weighted by Crippen LogP contribution is 2.37. The maximum Gasteiger partial charge on any atom is 0.0768 e. The van der Waals surface area contributed by atoms with Crippen LogP contribution in [0.3, 0.4) is 0 Å². The molecule has 0 spiro atoms. The van der Waals surface area contributed by atoms with Gasteiger partial charge in [0, 0.05) is 19.0 Å². The Morgan fingerprint density at radius 3 is 2.47 bits per heavy atom. The van der Waals surface area contributed by atoms with Crippen LogP contribution in [0.4, 0.5) is 0 Å². The Kier molecular flexibility index (Phi) is 4.53. The van der Waals surface area contributed by atoms with Gasteiger partial charge in [-0.3, -0.25) is 0 Å². The molecule has 1 rings (SSSR count). The Labute approximate surface area is 99.2 Å². The minimum absolute atomic E-state index is 0.351. The summed E-state index contributed by atoms with van der Waals surface area (Å²) in [5.74, 6) is 0.351. The van der Waals surface area contributed by atoms with Gasteiger partial charge in [-0.1, -0.05) is 33.0 Å². The third-order valence-electron chi connectivity index (χ3n) is 4.04. The molecule has 1 aliphatic heterocycles. The molecule has 0 radical (unpaired) electrons. The zero-order valence-electron chi connectivity index (χ0n) is 10.3. The van der Waals surface area contributed by atoms with Gasteiger partial charge < -0.3 is 10.6 Å². The number of hydrogen-bond donors (Lipinski definition) is 1. The molecule has 0 bridgehead atoms. The van der Waals surface area contributed by atoms with Gasteiger partial charge in [-0.2, -0.15) is 0 Å². The van der Waals surface area contributed by atoms with Crippen molar-refractivity contribution in [2.45, 2.75) is 40.0 Å². The van der Waals surface area contributed by atoms with E-state index in [1.165, 1.54) is 32.4 Å². The van der Waals surface area contributed by atoms with E-state index in [9.17, 15) is 0 Å². The quantitative estimate of drug-likeness (QED) is 0.733. The van der Waals surface area contributed by atoms with Gasteiger partial charge >= 0.3 is 0 Å². The second-order valence-corrected chi connectivity index (χ2v) is 5.47. The molecule has 1 saturated heterocycles. The molecule has 1 unspecified atom stereocenters. The lowest BCUT2D eigenvalue weighted by Gasteiger charge is -2.27. The average Bonchev–Trinajstić information content (AvgIpc) is 2.62. The molecule has 0 aromatic carbocycles. The highest BCUT2D eigenvalue weighted by atomic mass is 32.1. The van der Waals surface area contributed by atoms with E-state index in [4.69, 9.17) is 18.0 Å². The second-order valence-electron chi connectivity index (χ2n) is 5.00. The summed E-state index contributed by atoms with van der Waals surface area (Å²) < 4.78 is 0. The maximum atomic E-state index is 5.65. The summed E-state index contributed by atoms with van der Waals surface area (Å²) >= 11 is 5.02. The molecule has 88 valence electrons. The van der Waals surface area contributed by atoms with E-state index in [0.29, 0.717) is 16.3 Å². The maximum absolute atomic E-state index is 5.65. The fourth-order valence-corrected chi connectivity index (χ4v) is 2.56. The van der Waals surface area contributed by atoms with Gasteiger partial charge in [-0.05, 0) is 31.2 Å². The first-order valence-electron chi connectivity index (χ1n) is 6.04. The second kappa shape index (κ2) is 5.26. The molecule has 15 heavy (non-hydrogen) atoms. The van der Waals surface area contributed by atoms with Crippen LogP contribution in [0, 0.1) is 11.3 Å². The normalized spacial score (nSPS) is 22.9. The molecule has 3 heteroatoms. The Hall–Kier alpha value is -0.150. The van der Waals surface area contributed by atoms with E-state index in [0.717, 1.165) is 6.54 Å². The Bertz CT molecular complexity index is 224. The Morgan fingerprint density at radius 2 is 2.07 bits per heavy atom. The molecule has 2 N–H and O–H groups in total. The topological polar surface area (TPSA) is 29.3 Å². The van der Waals surface area contributed by atoms with Crippen LogP contribution < -0.4 is 5.73 Å². The molecule has 1 fully saturated rings. The van der Waals surface area contributed by atoms with Crippen LogP contribution in [-0.2, 0) is 0 Å². The first-order valence-corrected chi connectivity index (χ1v) is 6.45. The summed E-state index contributed by atoms with van der Waals surface area (Å²) in [6, 6.07) is 0. The lowest BCUT2D eigenvalue weighted by atomic mass is 9.82. The van der Waals surface area contributed by atoms with Crippen molar-refractivity contribution >= 4 is 17.2 Å². The molecule has 1 heterocycles. The molecular weight excluding hydrogens is 204 g/mol. The fourth-order valence-electron chi connectivity index (χ4n) is 2.49. The highest BCUT2D eigenvalue weighted by Gasteiger charge is 2.35. The molecule has 0 aliphatic carbocycles. The van der Waals surface area contributed by atoms with E-state index >= 15 is 0 Å². The molecule has 0 aromatic rings. The summed E-state index contributed by atoms with van der Waals surface area (Å²) in [5, 5.41) is 0. The average molecular weight is 228 g/mol. The van der Waals surface area contributed by atoms with Crippen molar-refractivity contribution in [3.63, 3.8) is 0 Å². The van der Waals surface area contributed by atoms with Crippen molar-refractivity contribution < 1.29 is 0 Å². The number of nitrogens with two attached hydrogens (primary N) is 1. The number of likely N-dealkylation sites (tertiary alicyclic amines) is 1. The van der Waals surface area contributed by atoms with E-state index in [1.54, 1.807) is 0 Å². The number of nitrogens with zero attached hydrogens (tertiary/aromatic N) is 1. The lowest BCUT2D eigenvalue weighted by Crippen LogP contribution is -2.34. The van der Waals surface area contributed by atoms with Gasteiger partial charge in [-0.15, -0.1) is 0 Å². The standard InChI is InChI=1S/C12H24N2S/c1-4-12(5-2)6-7-14(9-12)8-10(3)11(13)15/h10H,4-9H2,1-3H3,(H2,13,15). The van der Waals surface area contributed by atoms with Crippen LogP contribution in [0.1, 0.15) is 40.0 Å². The van der Waals surface area contributed by atoms with E-state index < -0.39 is 0 Å². The molecule has 0 aromatic heterocycles. The van der Waals surface area contributed by atoms with Crippen LogP contribution in [0.2, 0.25) is 0 Å². The zero-order valence-corrected chi connectivity index (χ0v) is 11.1. The van der Waals surface area contributed by atoms with Crippen molar-refractivity contribution in [1.82, 2.24) is 4.90 Å². The molecule has 2 nitrogen and oxygen atoms in total. The predicted molar refractivity (Wildman–Crippen MR) is 70.0 cm³/mol. The number of thiocarbonyl (C=S) groups is 1. The van der Waals surface area contributed by atoms with Crippen molar-refractivity contribution in [3.8, 4) is 0 Å². The fraction of sp³-hybridized carbons (Fsp3) is 0.917. The third kappa shape index (κ3) is 3.15. The molecule has 0 amide bonds. The van der Waals surface area contributed by atoms with Crippen molar-refractivity contribution in [2.24, 2.45) is 17.1 Å². The lowest BCUT2D eigenvalue weighted by molar-refractivity contribution is 0.234. The van der Waals surface area contributed by atoms with Crippen LogP contribution in [0.25, 0.3) is 0 Å². The molecule has 1 atom stereocenters. The van der Waals surface area contributed by atoms with Crippen molar-refractivity contribution in [1.29, 1.82) is 0 Å². The summed E-state index contributed by atoms with van der Waals surface area (Å²) in [4.78, 5) is 3.18. The monoisotopic (exact) mass is 228 g/mol. The SMILES string of the molecule is CCC1(CC)CCN(CC(C)C(N)=S)C1. The van der Waals surface area contributed by atoms with Crippen LogP contribution in [-0.4, -0.2) is 29.5 Å². The smallest absolute Gasteiger partial charge is 0.0768 e. The van der Waals surface area contributed by atoms with Gasteiger partial charge in [0.2, 0.25) is 0 Å². The van der Waals surface area contributed by atoms with Gasteiger partial charge in [0.25, 0.3) is 0 Å². The first-order chi connectivity index (χ1) is 7.03. The van der Waals surface area contributed by atoms with Crippen LogP contribution in [0.15, 0.2) is 0 Å². The molecule has 1 aliphatic rings. The van der Waals surface area contributed by atoms with Crippen molar-refractivity contribution in [2.75, 3.05) is 19.6 Å². The molecule has 0 saturated carbocycles. The minimum atomic E-state index is 0.351. The predicted octanol–water partition coefficient (Wildman–Crippen LogP) is 2.42. The third-order valence-corrected chi connectivity index (χ3v) is 4.44. The minimum Gasteiger partial charge on any atom is -0.393 e. The van der Waals surface area contributed by atoms with Crippen LogP contribution >= 0.6 is 12.2 Å². The highest BCUT2D eigenvalue weighted by molar-refractivity contribution is 7.80. The molecular formula is C12H24N2S. The Morgan fingerprint density at radius 1 is 1.47 bits per heavy atom. The van der Waals surface area contributed by atoms with E-state index in [-0.39, 0.29) is 0 Å². The number of hydrogen-bond acceptors (Lipinski definition) is 2.